The number of anilines is 1. The standard InChI is InChI=1S/C19H26N6OS/c1-13(2)18-24-23-16(27-18)11-21-19(20-3)22-12-17(26)25-10-6-8-14-7-4-5-9-15(14)25/h4-5,7,9,13H,6,8,10-12H2,1-3H3,(H2,20,21,22). The van der Waals surface area contributed by atoms with Gasteiger partial charge in [0, 0.05) is 25.2 Å². The van der Waals surface area contributed by atoms with Gasteiger partial charge in [-0.25, -0.2) is 0 Å². The number of nitrogens with zero attached hydrogens (tertiary/aromatic N) is 4. The molecule has 1 amide bonds. The van der Waals surface area contributed by atoms with E-state index < -0.39 is 0 Å². The Morgan fingerprint density at radius 3 is 2.85 bits per heavy atom. The highest BCUT2D eigenvalue weighted by molar-refractivity contribution is 7.11. The third-order valence-electron chi connectivity index (χ3n) is 4.43. The van der Waals surface area contributed by atoms with Gasteiger partial charge in [-0.15, -0.1) is 10.2 Å². The highest BCUT2D eigenvalue weighted by Crippen LogP contribution is 2.26. The van der Waals surface area contributed by atoms with E-state index in [4.69, 9.17) is 0 Å². The monoisotopic (exact) mass is 386 g/mol. The minimum atomic E-state index is 0.0445. The Balaban J connectivity index is 1.53. The molecule has 0 unspecified atom stereocenters. The van der Waals surface area contributed by atoms with Crippen LogP contribution < -0.4 is 15.5 Å². The Morgan fingerprint density at radius 2 is 2.11 bits per heavy atom. The van der Waals surface area contributed by atoms with Crippen molar-refractivity contribution in [3.05, 3.63) is 39.8 Å². The summed E-state index contributed by atoms with van der Waals surface area (Å²) in [6, 6.07) is 8.11. The fourth-order valence-electron chi connectivity index (χ4n) is 3.00. The number of para-hydroxylation sites is 1. The Kier molecular flexibility index (Phi) is 6.39. The lowest BCUT2D eigenvalue weighted by Crippen LogP contribution is -2.45. The first-order chi connectivity index (χ1) is 13.1. The molecule has 144 valence electrons. The van der Waals surface area contributed by atoms with E-state index in [0.717, 1.165) is 35.1 Å². The number of nitrogens with one attached hydrogen (secondary N) is 2. The zero-order valence-corrected chi connectivity index (χ0v) is 16.8. The van der Waals surface area contributed by atoms with Gasteiger partial charge in [-0.2, -0.15) is 0 Å². The van der Waals surface area contributed by atoms with Gasteiger partial charge in [0.15, 0.2) is 5.96 Å². The van der Waals surface area contributed by atoms with E-state index in [9.17, 15) is 4.79 Å². The lowest BCUT2D eigenvalue weighted by Gasteiger charge is -2.29. The number of aliphatic imine (C=N–C) groups is 1. The van der Waals surface area contributed by atoms with E-state index in [1.54, 1.807) is 18.4 Å². The second-order valence-electron chi connectivity index (χ2n) is 6.75. The molecule has 0 spiro atoms. The number of rotatable bonds is 5. The van der Waals surface area contributed by atoms with Gasteiger partial charge in [-0.05, 0) is 24.5 Å². The quantitative estimate of drug-likeness (QED) is 0.609. The molecular formula is C19H26N6OS. The molecule has 0 bridgehead atoms. The van der Waals surface area contributed by atoms with Gasteiger partial charge in [0.2, 0.25) is 5.91 Å². The molecule has 0 fully saturated rings. The molecule has 1 aromatic heterocycles. The molecule has 8 heteroatoms. The molecule has 7 nitrogen and oxygen atoms in total. The minimum absolute atomic E-state index is 0.0445. The average Bonchev–Trinajstić information content (AvgIpc) is 3.17. The van der Waals surface area contributed by atoms with Gasteiger partial charge < -0.3 is 15.5 Å². The number of aryl methyl sites for hydroxylation is 1. The molecule has 1 aliphatic heterocycles. The van der Waals surface area contributed by atoms with Crippen LogP contribution in [-0.2, 0) is 17.8 Å². The van der Waals surface area contributed by atoms with Crippen LogP contribution >= 0.6 is 11.3 Å². The van der Waals surface area contributed by atoms with E-state index in [1.165, 1.54) is 5.56 Å². The minimum Gasteiger partial charge on any atom is -0.350 e. The van der Waals surface area contributed by atoms with Crippen LogP contribution in [0.3, 0.4) is 0 Å². The molecule has 2 heterocycles. The summed E-state index contributed by atoms with van der Waals surface area (Å²) >= 11 is 1.59. The first-order valence-corrected chi connectivity index (χ1v) is 10.0. The average molecular weight is 387 g/mol. The second kappa shape index (κ2) is 8.94. The molecule has 2 aromatic rings. The van der Waals surface area contributed by atoms with Crippen molar-refractivity contribution in [2.24, 2.45) is 4.99 Å². The molecular weight excluding hydrogens is 360 g/mol. The van der Waals surface area contributed by atoms with Crippen molar-refractivity contribution in [3.8, 4) is 0 Å². The van der Waals surface area contributed by atoms with Crippen LogP contribution in [0.5, 0.6) is 0 Å². The Hall–Kier alpha value is -2.48. The van der Waals surface area contributed by atoms with Crippen LogP contribution in [0.25, 0.3) is 0 Å². The largest absolute Gasteiger partial charge is 0.350 e. The number of aromatic nitrogens is 2. The predicted octanol–water partition coefficient (Wildman–Crippen LogP) is 2.31. The fourth-order valence-corrected chi connectivity index (χ4v) is 3.78. The van der Waals surface area contributed by atoms with Gasteiger partial charge in [-0.1, -0.05) is 43.4 Å². The number of amides is 1. The summed E-state index contributed by atoms with van der Waals surface area (Å²) in [6.07, 6.45) is 2.02. The van der Waals surface area contributed by atoms with Crippen molar-refractivity contribution in [2.75, 3.05) is 25.0 Å². The van der Waals surface area contributed by atoms with Crippen molar-refractivity contribution >= 4 is 28.9 Å². The lowest BCUT2D eigenvalue weighted by molar-refractivity contribution is -0.117. The van der Waals surface area contributed by atoms with Crippen molar-refractivity contribution in [2.45, 2.75) is 39.2 Å². The second-order valence-corrected chi connectivity index (χ2v) is 7.84. The van der Waals surface area contributed by atoms with E-state index in [2.05, 4.69) is 45.7 Å². The third-order valence-corrected chi connectivity index (χ3v) is 5.65. The van der Waals surface area contributed by atoms with E-state index in [0.29, 0.717) is 18.4 Å². The van der Waals surface area contributed by atoms with Crippen molar-refractivity contribution < 1.29 is 4.79 Å². The Labute approximate surface area is 163 Å². The van der Waals surface area contributed by atoms with Gasteiger partial charge in [0.05, 0.1) is 13.1 Å². The predicted molar refractivity (Wildman–Crippen MR) is 109 cm³/mol. The molecule has 0 radical (unpaired) electrons. The van der Waals surface area contributed by atoms with E-state index in [1.807, 2.05) is 23.1 Å². The van der Waals surface area contributed by atoms with Gasteiger partial charge >= 0.3 is 0 Å². The normalized spacial score (nSPS) is 14.2. The maximum atomic E-state index is 12.7. The molecule has 3 rings (SSSR count). The maximum absolute atomic E-state index is 12.7. The fraction of sp³-hybridized carbons (Fsp3) is 0.474. The summed E-state index contributed by atoms with van der Waals surface area (Å²) in [5, 5.41) is 16.6. The van der Waals surface area contributed by atoms with Gasteiger partial charge in [0.1, 0.15) is 10.0 Å². The van der Waals surface area contributed by atoms with Crippen LogP contribution in [0.4, 0.5) is 5.69 Å². The third kappa shape index (κ3) is 4.82. The zero-order chi connectivity index (χ0) is 19.2. The summed E-state index contributed by atoms with van der Waals surface area (Å²) in [7, 11) is 1.69. The topological polar surface area (TPSA) is 82.5 Å². The van der Waals surface area contributed by atoms with E-state index in [-0.39, 0.29) is 12.5 Å². The number of fused-ring (bicyclic) bond motifs is 1. The van der Waals surface area contributed by atoms with Crippen molar-refractivity contribution in [3.63, 3.8) is 0 Å². The van der Waals surface area contributed by atoms with E-state index >= 15 is 0 Å². The molecule has 1 aromatic carbocycles. The molecule has 0 saturated heterocycles. The van der Waals surface area contributed by atoms with Crippen LogP contribution in [-0.4, -0.2) is 42.2 Å². The summed E-state index contributed by atoms with van der Waals surface area (Å²) < 4.78 is 0. The molecule has 27 heavy (non-hydrogen) atoms. The lowest BCUT2D eigenvalue weighted by atomic mass is 10.0. The van der Waals surface area contributed by atoms with Crippen molar-refractivity contribution in [1.82, 2.24) is 20.8 Å². The number of carbonyl (C=O) groups excluding carboxylic acids is 1. The summed E-state index contributed by atoms with van der Waals surface area (Å²) in [5.74, 6) is 0.997. The highest BCUT2D eigenvalue weighted by atomic mass is 32.1. The smallest absolute Gasteiger partial charge is 0.246 e. The zero-order valence-electron chi connectivity index (χ0n) is 16.0. The summed E-state index contributed by atoms with van der Waals surface area (Å²) in [4.78, 5) is 18.7. The molecule has 0 saturated carbocycles. The molecule has 1 aliphatic rings. The number of hydrogen-bond acceptors (Lipinski definition) is 5. The summed E-state index contributed by atoms with van der Waals surface area (Å²) in [5.41, 5.74) is 2.26. The van der Waals surface area contributed by atoms with Crippen molar-refractivity contribution in [1.29, 1.82) is 0 Å². The first kappa shape index (κ1) is 19.3. The maximum Gasteiger partial charge on any atom is 0.246 e. The van der Waals surface area contributed by atoms with Crippen LogP contribution in [0.1, 0.15) is 41.8 Å². The first-order valence-electron chi connectivity index (χ1n) is 9.23. The molecule has 0 aliphatic carbocycles. The van der Waals surface area contributed by atoms with Crippen LogP contribution in [0.2, 0.25) is 0 Å². The number of benzene rings is 1. The van der Waals surface area contributed by atoms with Crippen LogP contribution in [0, 0.1) is 0 Å². The Morgan fingerprint density at radius 1 is 1.30 bits per heavy atom. The Bertz CT molecular complexity index is 816. The summed E-state index contributed by atoms with van der Waals surface area (Å²) in [6.45, 7) is 5.68. The molecule has 0 atom stereocenters. The SMILES string of the molecule is CN=C(NCC(=O)N1CCCc2ccccc21)NCc1nnc(C(C)C)s1. The number of hydrogen-bond donors (Lipinski definition) is 2. The number of guanidine groups is 1. The van der Waals surface area contributed by atoms with Crippen LogP contribution in [0.15, 0.2) is 29.3 Å². The highest BCUT2D eigenvalue weighted by Gasteiger charge is 2.22. The molecule has 2 N–H and O–H groups in total. The van der Waals surface area contributed by atoms with Gasteiger partial charge in [0.25, 0.3) is 0 Å². The van der Waals surface area contributed by atoms with Gasteiger partial charge in [-0.3, -0.25) is 9.79 Å². The number of carbonyl (C=O) groups is 1.